The van der Waals surface area contributed by atoms with Gasteiger partial charge in [0, 0.05) is 19.3 Å². The van der Waals surface area contributed by atoms with Gasteiger partial charge in [-0.3, -0.25) is 14.4 Å². The molecule has 6 heteroatoms. The number of aliphatic hydroxyl groups is 1. The van der Waals surface area contributed by atoms with Crippen LogP contribution < -0.4 is 0 Å². The molecule has 0 saturated carbocycles. The Labute approximate surface area is 283 Å². The van der Waals surface area contributed by atoms with Gasteiger partial charge in [0.2, 0.25) is 0 Å². The first-order valence-electron chi connectivity index (χ1n) is 19.3. The Balaban J connectivity index is 3.62. The molecule has 0 rings (SSSR count). The summed E-state index contributed by atoms with van der Waals surface area (Å²) in [5, 5.41) is 9.53. The van der Waals surface area contributed by atoms with E-state index in [0.717, 1.165) is 51.4 Å². The van der Waals surface area contributed by atoms with Gasteiger partial charge in [0.05, 0.1) is 6.61 Å². The van der Waals surface area contributed by atoms with Crippen molar-refractivity contribution in [3.63, 3.8) is 0 Å². The highest BCUT2D eigenvalue weighted by Crippen LogP contribution is 2.14. The van der Waals surface area contributed by atoms with Crippen molar-refractivity contribution in [2.24, 2.45) is 0 Å². The Morgan fingerprint density at radius 1 is 0.543 bits per heavy atom. The molecule has 0 saturated heterocycles. The minimum absolute atomic E-state index is 0.100. The Morgan fingerprint density at radius 3 is 1.48 bits per heavy atom. The number of allylic oxidation sites excluding steroid dienone is 4. The molecule has 0 aliphatic rings. The van der Waals surface area contributed by atoms with E-state index < -0.39 is 6.10 Å². The molecule has 0 radical (unpaired) electrons. The molecular weight excluding hydrogens is 576 g/mol. The number of hydrogen-bond donors (Lipinski definition) is 1. The van der Waals surface area contributed by atoms with Crippen LogP contribution in [-0.4, -0.2) is 42.1 Å². The van der Waals surface area contributed by atoms with Crippen LogP contribution in [0.15, 0.2) is 24.3 Å². The quantitative estimate of drug-likeness (QED) is 0.0318. The zero-order valence-electron chi connectivity index (χ0n) is 30.1. The predicted molar refractivity (Wildman–Crippen MR) is 192 cm³/mol. The number of aliphatic hydroxyl groups excluding tert-OH is 1. The minimum atomic E-state index is -0.813. The van der Waals surface area contributed by atoms with Gasteiger partial charge in [-0.2, -0.15) is 0 Å². The topological polar surface area (TPSA) is 89.9 Å². The van der Waals surface area contributed by atoms with Crippen LogP contribution in [0.25, 0.3) is 0 Å². The molecule has 0 bridgehead atoms. The van der Waals surface area contributed by atoms with Gasteiger partial charge in [0.15, 0.2) is 11.9 Å². The SMILES string of the molecule is CCCCC/C=C\C=C\C(=O)CCCCCCCC(=O)O[C@@H](CO)COC(=O)CCCCCCCCCCCCCCCCCC. The largest absolute Gasteiger partial charge is 0.462 e. The van der Waals surface area contributed by atoms with E-state index in [1.165, 1.54) is 103 Å². The number of esters is 2. The van der Waals surface area contributed by atoms with E-state index in [9.17, 15) is 19.5 Å². The summed E-state index contributed by atoms with van der Waals surface area (Å²) in [4.78, 5) is 36.1. The van der Waals surface area contributed by atoms with Crippen molar-refractivity contribution in [2.75, 3.05) is 13.2 Å². The third-order valence-electron chi connectivity index (χ3n) is 8.47. The number of ether oxygens (including phenoxy) is 2. The molecule has 1 N–H and O–H groups in total. The summed E-state index contributed by atoms with van der Waals surface area (Å²) >= 11 is 0. The van der Waals surface area contributed by atoms with Crippen LogP contribution in [0.5, 0.6) is 0 Å². The Morgan fingerprint density at radius 2 is 0.978 bits per heavy atom. The van der Waals surface area contributed by atoms with Gasteiger partial charge in [-0.25, -0.2) is 0 Å². The van der Waals surface area contributed by atoms with Gasteiger partial charge < -0.3 is 14.6 Å². The lowest BCUT2D eigenvalue weighted by Gasteiger charge is -2.15. The fourth-order valence-electron chi connectivity index (χ4n) is 5.48. The van der Waals surface area contributed by atoms with Crippen LogP contribution in [-0.2, 0) is 23.9 Å². The summed E-state index contributed by atoms with van der Waals surface area (Å²) in [5.74, 6) is -0.522. The van der Waals surface area contributed by atoms with Crippen LogP contribution in [0.4, 0.5) is 0 Å². The smallest absolute Gasteiger partial charge is 0.306 e. The summed E-state index contributed by atoms with van der Waals surface area (Å²) in [6, 6.07) is 0. The molecule has 0 amide bonds. The molecule has 46 heavy (non-hydrogen) atoms. The lowest BCUT2D eigenvalue weighted by atomic mass is 10.0. The number of carbonyl (C=O) groups excluding carboxylic acids is 3. The molecule has 0 aromatic rings. The van der Waals surface area contributed by atoms with Crippen molar-refractivity contribution in [2.45, 2.75) is 200 Å². The number of ketones is 1. The first-order chi connectivity index (χ1) is 22.5. The summed E-state index contributed by atoms with van der Waals surface area (Å²) in [6.07, 6.45) is 37.7. The van der Waals surface area contributed by atoms with Crippen LogP contribution in [0.2, 0.25) is 0 Å². The van der Waals surface area contributed by atoms with Gasteiger partial charge in [-0.05, 0) is 38.2 Å². The van der Waals surface area contributed by atoms with Crippen molar-refractivity contribution in [1.29, 1.82) is 0 Å². The lowest BCUT2D eigenvalue weighted by molar-refractivity contribution is -0.161. The van der Waals surface area contributed by atoms with E-state index in [1.54, 1.807) is 6.08 Å². The third kappa shape index (κ3) is 33.4. The van der Waals surface area contributed by atoms with Gasteiger partial charge >= 0.3 is 11.9 Å². The number of rotatable bonds is 35. The predicted octanol–water partition coefficient (Wildman–Crippen LogP) is 11.1. The second-order valence-electron chi connectivity index (χ2n) is 13.0. The van der Waals surface area contributed by atoms with Crippen LogP contribution >= 0.6 is 0 Å². The molecule has 0 unspecified atom stereocenters. The van der Waals surface area contributed by atoms with Gasteiger partial charge in [0.25, 0.3) is 0 Å². The highest BCUT2D eigenvalue weighted by Gasteiger charge is 2.16. The van der Waals surface area contributed by atoms with Crippen molar-refractivity contribution >= 4 is 17.7 Å². The van der Waals surface area contributed by atoms with E-state index in [2.05, 4.69) is 19.9 Å². The normalized spacial score (nSPS) is 12.2. The molecule has 1 atom stereocenters. The molecule has 0 aromatic heterocycles. The average Bonchev–Trinajstić information content (AvgIpc) is 3.05. The van der Waals surface area contributed by atoms with E-state index in [1.807, 2.05) is 12.2 Å². The number of unbranched alkanes of at least 4 members (excludes halogenated alkanes) is 22. The van der Waals surface area contributed by atoms with Crippen LogP contribution in [0.3, 0.4) is 0 Å². The zero-order chi connectivity index (χ0) is 33.8. The number of hydrogen-bond acceptors (Lipinski definition) is 6. The van der Waals surface area contributed by atoms with Crippen LogP contribution in [0.1, 0.15) is 194 Å². The maximum Gasteiger partial charge on any atom is 0.306 e. The van der Waals surface area contributed by atoms with Gasteiger partial charge in [-0.15, -0.1) is 0 Å². The van der Waals surface area contributed by atoms with Crippen LogP contribution in [0, 0.1) is 0 Å². The maximum atomic E-state index is 12.1. The molecule has 0 spiro atoms. The van der Waals surface area contributed by atoms with Crippen molar-refractivity contribution in [3.8, 4) is 0 Å². The highest BCUT2D eigenvalue weighted by atomic mass is 16.6. The molecule has 0 aromatic carbocycles. The molecular formula is C40H72O6. The standard InChI is InChI=1S/C40H72O6/c1-3-5-7-9-11-12-13-14-15-16-17-18-19-21-25-29-33-39(43)45-36-38(35-41)46-40(44)34-30-26-22-24-28-32-37(42)31-27-23-20-10-8-6-4-2/h20,23,27,31,38,41H,3-19,21-22,24-26,28-30,32-36H2,1-2H3/b23-20-,31-27+/t38-/m0/s1. The monoisotopic (exact) mass is 649 g/mol. The van der Waals surface area contributed by atoms with Gasteiger partial charge in [0.1, 0.15) is 6.61 Å². The van der Waals surface area contributed by atoms with E-state index >= 15 is 0 Å². The molecule has 0 fully saturated rings. The molecule has 268 valence electrons. The Kier molecular flexibility index (Phi) is 34.4. The summed E-state index contributed by atoms with van der Waals surface area (Å²) in [5.41, 5.74) is 0. The van der Waals surface area contributed by atoms with E-state index in [-0.39, 0.29) is 37.4 Å². The molecule has 0 heterocycles. The average molecular weight is 649 g/mol. The Hall–Kier alpha value is -1.95. The first-order valence-corrected chi connectivity index (χ1v) is 19.3. The Bertz CT molecular complexity index is 759. The molecule has 6 nitrogen and oxygen atoms in total. The molecule has 0 aliphatic heterocycles. The summed E-state index contributed by atoms with van der Waals surface area (Å²) in [7, 11) is 0. The summed E-state index contributed by atoms with van der Waals surface area (Å²) < 4.78 is 10.5. The van der Waals surface area contributed by atoms with Crippen molar-refractivity contribution in [1.82, 2.24) is 0 Å². The fourth-order valence-corrected chi connectivity index (χ4v) is 5.48. The first kappa shape index (κ1) is 44.0. The van der Waals surface area contributed by atoms with E-state index in [0.29, 0.717) is 19.3 Å². The minimum Gasteiger partial charge on any atom is -0.462 e. The summed E-state index contributed by atoms with van der Waals surface area (Å²) in [6.45, 7) is 3.99. The van der Waals surface area contributed by atoms with Crippen molar-refractivity contribution < 1.29 is 29.0 Å². The number of carbonyl (C=O) groups is 3. The second-order valence-corrected chi connectivity index (χ2v) is 13.0. The highest BCUT2D eigenvalue weighted by molar-refractivity contribution is 5.89. The van der Waals surface area contributed by atoms with Gasteiger partial charge in [-0.1, -0.05) is 160 Å². The lowest BCUT2D eigenvalue weighted by Crippen LogP contribution is -2.28. The zero-order valence-corrected chi connectivity index (χ0v) is 30.1. The third-order valence-corrected chi connectivity index (χ3v) is 8.47. The van der Waals surface area contributed by atoms with E-state index in [4.69, 9.17) is 9.47 Å². The van der Waals surface area contributed by atoms with Crippen molar-refractivity contribution in [3.05, 3.63) is 24.3 Å². The fraction of sp³-hybridized carbons (Fsp3) is 0.825. The molecule has 0 aliphatic carbocycles. The maximum absolute atomic E-state index is 12.1. The second kappa shape index (κ2) is 35.9.